The maximum atomic E-state index is 10.6. The van der Waals surface area contributed by atoms with Gasteiger partial charge in [-0.3, -0.25) is 0 Å². The van der Waals surface area contributed by atoms with Crippen molar-refractivity contribution in [1.29, 1.82) is 0 Å². The second-order valence-corrected chi connectivity index (χ2v) is 6.23. The third kappa shape index (κ3) is 2.87. The van der Waals surface area contributed by atoms with Crippen molar-refractivity contribution in [3.05, 3.63) is 23.8 Å². The van der Waals surface area contributed by atoms with Gasteiger partial charge in [0.1, 0.15) is 11.5 Å². The Bertz CT molecular complexity index is 491. The number of hydrogen-bond donors (Lipinski definition) is 2. The number of ether oxygens (including phenoxy) is 2. The fourth-order valence-electron chi connectivity index (χ4n) is 4.02. The molecule has 2 aliphatic rings. The number of hydrogen-bond acceptors (Lipinski definition) is 4. The lowest BCUT2D eigenvalue weighted by atomic mass is 9.89. The minimum absolute atomic E-state index is 0.430. The number of aliphatic hydroxyl groups excluding tert-OH is 1. The van der Waals surface area contributed by atoms with Crippen LogP contribution >= 0.6 is 0 Å². The largest absolute Gasteiger partial charge is 0.497 e. The molecule has 2 fully saturated rings. The topological polar surface area (TPSA) is 50.7 Å². The van der Waals surface area contributed by atoms with Crippen molar-refractivity contribution in [1.82, 2.24) is 5.32 Å². The van der Waals surface area contributed by atoms with Crippen LogP contribution in [-0.4, -0.2) is 31.9 Å². The average Bonchev–Trinajstić information content (AvgIpc) is 3.11. The Labute approximate surface area is 126 Å². The third-order valence-corrected chi connectivity index (χ3v) is 5.15. The van der Waals surface area contributed by atoms with E-state index in [1.807, 2.05) is 18.2 Å². The van der Waals surface area contributed by atoms with Crippen molar-refractivity contribution in [2.45, 2.75) is 37.8 Å². The second kappa shape index (κ2) is 6.24. The molecule has 1 aliphatic heterocycles. The van der Waals surface area contributed by atoms with Crippen LogP contribution in [0.15, 0.2) is 18.2 Å². The van der Waals surface area contributed by atoms with E-state index in [0.717, 1.165) is 36.1 Å². The Morgan fingerprint density at radius 3 is 2.90 bits per heavy atom. The number of aliphatic hydroxyl groups is 1. The van der Waals surface area contributed by atoms with Crippen LogP contribution < -0.4 is 14.8 Å². The van der Waals surface area contributed by atoms with Crippen LogP contribution in [0.4, 0.5) is 0 Å². The van der Waals surface area contributed by atoms with Gasteiger partial charge in [0.15, 0.2) is 0 Å². The first kappa shape index (κ1) is 14.7. The van der Waals surface area contributed by atoms with Crippen molar-refractivity contribution in [2.24, 2.45) is 11.8 Å². The fraction of sp³-hybridized carbons (Fsp3) is 0.647. The van der Waals surface area contributed by atoms with Crippen molar-refractivity contribution in [3.8, 4) is 11.5 Å². The van der Waals surface area contributed by atoms with Gasteiger partial charge in [-0.1, -0.05) is 6.42 Å². The number of benzene rings is 1. The molecule has 0 bridgehead atoms. The van der Waals surface area contributed by atoms with Crippen LogP contribution in [0.3, 0.4) is 0 Å². The molecule has 4 unspecified atom stereocenters. The summed E-state index contributed by atoms with van der Waals surface area (Å²) in [6, 6.07) is 6.04. The molecule has 1 saturated carbocycles. The van der Waals surface area contributed by atoms with Gasteiger partial charge >= 0.3 is 0 Å². The van der Waals surface area contributed by atoms with E-state index >= 15 is 0 Å². The number of methoxy groups -OCH3 is 2. The molecule has 1 aromatic carbocycles. The molecule has 4 nitrogen and oxygen atoms in total. The molecule has 116 valence electrons. The van der Waals surface area contributed by atoms with Crippen molar-refractivity contribution < 1.29 is 14.6 Å². The zero-order chi connectivity index (χ0) is 14.8. The minimum Gasteiger partial charge on any atom is -0.497 e. The first-order valence-corrected chi connectivity index (χ1v) is 7.86. The molecule has 2 N–H and O–H groups in total. The molecular formula is C17H25NO3. The molecule has 3 rings (SSSR count). The van der Waals surface area contributed by atoms with Gasteiger partial charge in [0.25, 0.3) is 0 Å². The summed E-state index contributed by atoms with van der Waals surface area (Å²) in [5, 5.41) is 14.2. The quantitative estimate of drug-likeness (QED) is 0.875. The molecule has 1 aromatic rings. The SMILES string of the molecule is COc1ccc(C(O)CC2NCC3CCCC32)c(OC)c1. The van der Waals surface area contributed by atoms with Gasteiger partial charge in [-0.15, -0.1) is 0 Å². The first-order chi connectivity index (χ1) is 10.2. The highest BCUT2D eigenvalue weighted by molar-refractivity contribution is 5.42. The zero-order valence-corrected chi connectivity index (χ0v) is 12.8. The summed E-state index contributed by atoms with van der Waals surface area (Å²) in [5.41, 5.74) is 0.849. The van der Waals surface area contributed by atoms with Crippen molar-refractivity contribution in [2.75, 3.05) is 20.8 Å². The number of rotatable bonds is 5. The Morgan fingerprint density at radius 2 is 2.14 bits per heavy atom. The summed E-state index contributed by atoms with van der Waals surface area (Å²) in [5.74, 6) is 3.00. The van der Waals surface area contributed by atoms with E-state index in [1.165, 1.54) is 19.3 Å². The van der Waals surface area contributed by atoms with Gasteiger partial charge in [0, 0.05) is 17.7 Å². The summed E-state index contributed by atoms with van der Waals surface area (Å²) in [7, 11) is 3.26. The molecule has 0 spiro atoms. The predicted octanol–water partition coefficient (Wildman–Crippen LogP) is 2.52. The molecule has 0 amide bonds. The summed E-state index contributed by atoms with van der Waals surface area (Å²) in [6.45, 7) is 1.11. The van der Waals surface area contributed by atoms with Gasteiger partial charge in [-0.25, -0.2) is 0 Å². The highest BCUT2D eigenvalue weighted by atomic mass is 16.5. The van der Waals surface area contributed by atoms with Crippen LogP contribution in [0.1, 0.15) is 37.4 Å². The van der Waals surface area contributed by atoms with Crippen LogP contribution in [0.2, 0.25) is 0 Å². The molecule has 4 atom stereocenters. The molecular weight excluding hydrogens is 266 g/mol. The molecule has 1 heterocycles. The van der Waals surface area contributed by atoms with E-state index < -0.39 is 6.10 Å². The smallest absolute Gasteiger partial charge is 0.128 e. The highest BCUT2D eigenvalue weighted by Crippen LogP contribution is 2.41. The third-order valence-electron chi connectivity index (χ3n) is 5.15. The lowest BCUT2D eigenvalue weighted by Gasteiger charge is -2.23. The molecule has 1 aliphatic carbocycles. The van der Waals surface area contributed by atoms with Crippen molar-refractivity contribution in [3.63, 3.8) is 0 Å². The Hall–Kier alpha value is -1.26. The maximum Gasteiger partial charge on any atom is 0.128 e. The Kier molecular flexibility index (Phi) is 4.36. The van der Waals surface area contributed by atoms with Crippen LogP contribution in [0.25, 0.3) is 0 Å². The van der Waals surface area contributed by atoms with Gasteiger partial charge in [-0.05, 0) is 49.8 Å². The van der Waals surface area contributed by atoms with Gasteiger partial charge < -0.3 is 19.9 Å². The summed E-state index contributed by atoms with van der Waals surface area (Å²) >= 11 is 0. The van der Waals surface area contributed by atoms with Crippen LogP contribution in [-0.2, 0) is 0 Å². The molecule has 4 heteroatoms. The van der Waals surface area contributed by atoms with Gasteiger partial charge in [-0.2, -0.15) is 0 Å². The molecule has 21 heavy (non-hydrogen) atoms. The lowest BCUT2D eigenvalue weighted by Crippen LogP contribution is -2.29. The number of nitrogens with one attached hydrogen (secondary N) is 1. The fourth-order valence-corrected chi connectivity index (χ4v) is 4.02. The summed E-state index contributed by atoms with van der Waals surface area (Å²) in [6.07, 6.45) is 4.24. The van der Waals surface area contributed by atoms with Crippen molar-refractivity contribution >= 4 is 0 Å². The van der Waals surface area contributed by atoms with Crippen LogP contribution in [0, 0.1) is 11.8 Å². The van der Waals surface area contributed by atoms with E-state index in [0.29, 0.717) is 11.8 Å². The van der Waals surface area contributed by atoms with Crippen LogP contribution in [0.5, 0.6) is 11.5 Å². The van der Waals surface area contributed by atoms with Gasteiger partial charge in [0.05, 0.1) is 20.3 Å². The summed E-state index contributed by atoms with van der Waals surface area (Å²) < 4.78 is 10.6. The highest BCUT2D eigenvalue weighted by Gasteiger charge is 2.39. The first-order valence-electron chi connectivity index (χ1n) is 7.86. The standard InChI is InChI=1S/C17H25NO3/c1-20-12-6-7-14(17(8-12)21-2)16(19)9-15-13-5-3-4-11(13)10-18-15/h6-8,11,13,15-16,18-19H,3-5,9-10H2,1-2H3. The van der Waals surface area contributed by atoms with E-state index in [1.54, 1.807) is 14.2 Å². The van der Waals surface area contributed by atoms with E-state index in [2.05, 4.69) is 5.32 Å². The average molecular weight is 291 g/mol. The van der Waals surface area contributed by atoms with E-state index in [9.17, 15) is 5.11 Å². The second-order valence-electron chi connectivity index (χ2n) is 6.23. The molecule has 0 radical (unpaired) electrons. The Morgan fingerprint density at radius 1 is 1.29 bits per heavy atom. The predicted molar refractivity (Wildman–Crippen MR) is 81.7 cm³/mol. The normalized spacial score (nSPS) is 29.2. The van der Waals surface area contributed by atoms with E-state index in [-0.39, 0.29) is 0 Å². The molecule has 0 aromatic heterocycles. The maximum absolute atomic E-state index is 10.6. The Balaban J connectivity index is 1.71. The number of fused-ring (bicyclic) bond motifs is 1. The van der Waals surface area contributed by atoms with E-state index in [4.69, 9.17) is 9.47 Å². The zero-order valence-electron chi connectivity index (χ0n) is 12.8. The summed E-state index contributed by atoms with van der Waals surface area (Å²) in [4.78, 5) is 0. The minimum atomic E-state index is -0.497. The molecule has 1 saturated heterocycles. The van der Waals surface area contributed by atoms with Gasteiger partial charge in [0.2, 0.25) is 0 Å². The monoisotopic (exact) mass is 291 g/mol. The lowest BCUT2D eigenvalue weighted by molar-refractivity contribution is 0.141.